The van der Waals surface area contributed by atoms with Crippen LogP contribution in [-0.4, -0.2) is 42.2 Å². The van der Waals surface area contributed by atoms with E-state index in [9.17, 15) is 4.79 Å². The average Bonchev–Trinajstić information content (AvgIpc) is 2.90. The molecule has 1 N–H and O–H groups in total. The van der Waals surface area contributed by atoms with Gasteiger partial charge in [0.2, 0.25) is 5.91 Å². The molecule has 6 nitrogen and oxygen atoms in total. The highest BCUT2D eigenvalue weighted by atomic mass is 16.5. The van der Waals surface area contributed by atoms with Crippen LogP contribution in [-0.2, 0) is 11.2 Å². The van der Waals surface area contributed by atoms with Gasteiger partial charge in [-0.3, -0.25) is 4.79 Å². The number of carbonyl (C=O) groups excluding carboxylic acids is 1. The van der Waals surface area contributed by atoms with E-state index in [0.29, 0.717) is 5.76 Å². The van der Waals surface area contributed by atoms with Gasteiger partial charge in [0.1, 0.15) is 17.6 Å². The molecule has 25 heavy (non-hydrogen) atoms. The Morgan fingerprint density at radius 1 is 1.28 bits per heavy atom. The van der Waals surface area contributed by atoms with Crippen molar-refractivity contribution in [1.82, 2.24) is 10.1 Å². The predicted octanol–water partition coefficient (Wildman–Crippen LogP) is 2.95. The fourth-order valence-corrected chi connectivity index (χ4v) is 3.03. The number of nitrogens with one attached hydrogen (secondary N) is 1. The van der Waals surface area contributed by atoms with Gasteiger partial charge in [-0.05, 0) is 58.0 Å². The Morgan fingerprint density at radius 2 is 1.96 bits per heavy atom. The van der Waals surface area contributed by atoms with Crippen LogP contribution >= 0.6 is 0 Å². The zero-order valence-corrected chi connectivity index (χ0v) is 15.0. The van der Waals surface area contributed by atoms with Gasteiger partial charge >= 0.3 is 0 Å². The fourth-order valence-electron chi connectivity index (χ4n) is 3.03. The molecule has 1 amide bonds. The molecule has 6 heteroatoms. The Balaban J connectivity index is 1.53. The molecule has 1 aromatic carbocycles. The van der Waals surface area contributed by atoms with Crippen molar-refractivity contribution in [2.45, 2.75) is 39.2 Å². The number of piperidine rings is 1. The summed E-state index contributed by atoms with van der Waals surface area (Å²) in [6.45, 7) is 5.80. The second-order valence-electron chi connectivity index (χ2n) is 6.67. The summed E-state index contributed by atoms with van der Waals surface area (Å²) in [6, 6.07) is 7.55. The molecule has 0 saturated carbocycles. The highest BCUT2D eigenvalue weighted by Gasteiger charge is 2.18. The summed E-state index contributed by atoms with van der Waals surface area (Å²) in [5.74, 6) is 1.45. The molecule has 0 bridgehead atoms. The number of aryl methyl sites for hydroxylation is 2. The molecule has 1 aromatic heterocycles. The zero-order valence-electron chi connectivity index (χ0n) is 15.0. The Kier molecular flexibility index (Phi) is 5.38. The Morgan fingerprint density at radius 3 is 2.56 bits per heavy atom. The van der Waals surface area contributed by atoms with E-state index in [4.69, 9.17) is 9.26 Å². The molecule has 0 radical (unpaired) electrons. The molecule has 2 aromatic rings. The molecule has 0 unspecified atom stereocenters. The number of hydrogen-bond acceptors (Lipinski definition) is 5. The van der Waals surface area contributed by atoms with Gasteiger partial charge in [-0.2, -0.15) is 0 Å². The van der Waals surface area contributed by atoms with Crippen molar-refractivity contribution in [2.24, 2.45) is 0 Å². The van der Waals surface area contributed by atoms with Crippen LogP contribution in [0.5, 0.6) is 5.75 Å². The number of benzene rings is 1. The third-order valence-corrected chi connectivity index (χ3v) is 4.62. The van der Waals surface area contributed by atoms with E-state index in [1.807, 2.05) is 38.1 Å². The lowest BCUT2D eigenvalue weighted by atomic mass is 10.1. The number of ether oxygens (including phenoxy) is 1. The van der Waals surface area contributed by atoms with Gasteiger partial charge < -0.3 is 19.5 Å². The normalized spacial score (nSPS) is 16.0. The summed E-state index contributed by atoms with van der Waals surface area (Å²) in [4.78, 5) is 14.5. The monoisotopic (exact) mass is 343 g/mol. The first-order valence-electron chi connectivity index (χ1n) is 8.68. The van der Waals surface area contributed by atoms with E-state index in [1.54, 1.807) is 0 Å². The van der Waals surface area contributed by atoms with Crippen molar-refractivity contribution in [2.75, 3.05) is 25.5 Å². The van der Waals surface area contributed by atoms with Crippen LogP contribution in [0.2, 0.25) is 0 Å². The molecule has 2 heterocycles. The van der Waals surface area contributed by atoms with E-state index in [-0.39, 0.29) is 18.4 Å². The van der Waals surface area contributed by atoms with Gasteiger partial charge in [0.25, 0.3) is 0 Å². The standard InChI is InChI=1S/C19H25N3O3/c1-13-18(14(2)25-21-13)12-19(23)20-15-4-6-16(7-5-15)24-17-8-10-22(3)11-9-17/h4-7,17H,8-12H2,1-3H3,(H,20,23). The first-order chi connectivity index (χ1) is 12.0. The first kappa shape index (κ1) is 17.5. The molecule has 1 fully saturated rings. The minimum absolute atomic E-state index is 0.0848. The Bertz CT molecular complexity index is 697. The van der Waals surface area contributed by atoms with Gasteiger partial charge in [-0.1, -0.05) is 5.16 Å². The quantitative estimate of drug-likeness (QED) is 0.904. The molecule has 1 aliphatic heterocycles. The Labute approximate surface area is 148 Å². The Hall–Kier alpha value is -2.34. The highest BCUT2D eigenvalue weighted by molar-refractivity contribution is 5.92. The first-order valence-corrected chi connectivity index (χ1v) is 8.68. The molecule has 1 aliphatic rings. The molecular formula is C19H25N3O3. The molecular weight excluding hydrogens is 318 g/mol. The van der Waals surface area contributed by atoms with Gasteiger partial charge in [0.15, 0.2) is 0 Å². The van der Waals surface area contributed by atoms with Crippen molar-refractivity contribution in [3.8, 4) is 5.75 Å². The zero-order chi connectivity index (χ0) is 17.8. The second-order valence-corrected chi connectivity index (χ2v) is 6.67. The van der Waals surface area contributed by atoms with Crippen molar-refractivity contribution in [3.05, 3.63) is 41.3 Å². The minimum Gasteiger partial charge on any atom is -0.490 e. The smallest absolute Gasteiger partial charge is 0.228 e. The van der Waals surface area contributed by atoms with Crippen molar-refractivity contribution >= 4 is 11.6 Å². The van der Waals surface area contributed by atoms with Gasteiger partial charge in [-0.15, -0.1) is 0 Å². The van der Waals surface area contributed by atoms with E-state index >= 15 is 0 Å². The van der Waals surface area contributed by atoms with Crippen LogP contribution < -0.4 is 10.1 Å². The minimum atomic E-state index is -0.0848. The highest BCUT2D eigenvalue weighted by Crippen LogP contribution is 2.21. The van der Waals surface area contributed by atoms with E-state index < -0.39 is 0 Å². The molecule has 3 rings (SSSR count). The lowest BCUT2D eigenvalue weighted by molar-refractivity contribution is -0.115. The van der Waals surface area contributed by atoms with Crippen molar-refractivity contribution in [1.29, 1.82) is 0 Å². The van der Waals surface area contributed by atoms with E-state index in [1.165, 1.54) is 0 Å². The molecule has 134 valence electrons. The van der Waals surface area contributed by atoms with E-state index in [2.05, 4.69) is 22.4 Å². The maximum Gasteiger partial charge on any atom is 0.228 e. The second kappa shape index (κ2) is 7.70. The fraction of sp³-hybridized carbons (Fsp3) is 0.474. The van der Waals surface area contributed by atoms with Gasteiger partial charge in [0, 0.05) is 24.3 Å². The van der Waals surface area contributed by atoms with Crippen LogP contribution in [0.25, 0.3) is 0 Å². The third kappa shape index (κ3) is 4.60. The summed E-state index contributed by atoms with van der Waals surface area (Å²) in [5.41, 5.74) is 2.36. The van der Waals surface area contributed by atoms with Crippen LogP contribution in [0, 0.1) is 13.8 Å². The summed E-state index contributed by atoms with van der Waals surface area (Å²) in [6.07, 6.45) is 2.63. The topological polar surface area (TPSA) is 67.6 Å². The van der Waals surface area contributed by atoms with Crippen LogP contribution in [0.4, 0.5) is 5.69 Å². The number of anilines is 1. The molecule has 0 atom stereocenters. The molecule has 0 spiro atoms. The number of rotatable bonds is 5. The largest absolute Gasteiger partial charge is 0.490 e. The van der Waals surface area contributed by atoms with Crippen LogP contribution in [0.1, 0.15) is 29.9 Å². The van der Waals surface area contributed by atoms with Crippen LogP contribution in [0.3, 0.4) is 0 Å². The number of nitrogens with zero attached hydrogens (tertiary/aromatic N) is 2. The van der Waals surface area contributed by atoms with Gasteiger partial charge in [0.05, 0.1) is 12.1 Å². The third-order valence-electron chi connectivity index (χ3n) is 4.62. The number of likely N-dealkylation sites (tertiary alicyclic amines) is 1. The average molecular weight is 343 g/mol. The summed E-state index contributed by atoms with van der Waals surface area (Å²) in [5, 5.41) is 6.77. The molecule has 1 saturated heterocycles. The number of amides is 1. The number of carbonyl (C=O) groups is 1. The summed E-state index contributed by atoms with van der Waals surface area (Å²) < 4.78 is 11.1. The van der Waals surface area contributed by atoms with Crippen LogP contribution in [0.15, 0.2) is 28.8 Å². The maximum absolute atomic E-state index is 12.2. The lowest BCUT2D eigenvalue weighted by Gasteiger charge is -2.29. The molecule has 0 aliphatic carbocycles. The van der Waals surface area contributed by atoms with Crippen molar-refractivity contribution < 1.29 is 14.1 Å². The maximum atomic E-state index is 12.2. The number of aromatic nitrogens is 1. The lowest BCUT2D eigenvalue weighted by Crippen LogP contribution is -2.35. The van der Waals surface area contributed by atoms with Crippen molar-refractivity contribution in [3.63, 3.8) is 0 Å². The summed E-state index contributed by atoms with van der Waals surface area (Å²) >= 11 is 0. The SMILES string of the molecule is Cc1noc(C)c1CC(=O)Nc1ccc(OC2CCN(C)CC2)cc1. The van der Waals surface area contributed by atoms with E-state index in [0.717, 1.165) is 48.6 Å². The van der Waals surface area contributed by atoms with Gasteiger partial charge in [-0.25, -0.2) is 0 Å². The summed E-state index contributed by atoms with van der Waals surface area (Å²) in [7, 11) is 2.14. The predicted molar refractivity (Wildman–Crippen MR) is 95.9 cm³/mol. The number of hydrogen-bond donors (Lipinski definition) is 1.